The van der Waals surface area contributed by atoms with Crippen molar-refractivity contribution in [3.63, 3.8) is 0 Å². The number of hydrogen-bond donors (Lipinski definition) is 0. The van der Waals surface area contributed by atoms with Crippen LogP contribution >= 0.6 is 0 Å². The zero-order chi connectivity index (χ0) is 21.6. The van der Waals surface area contributed by atoms with Crippen molar-refractivity contribution in [1.82, 2.24) is 0 Å². The van der Waals surface area contributed by atoms with Crippen LogP contribution in [0.5, 0.6) is 17.2 Å². The van der Waals surface area contributed by atoms with Crippen molar-refractivity contribution in [2.45, 2.75) is 51.9 Å². The average Bonchev–Trinajstić information content (AvgIpc) is 2.71. The Bertz CT molecular complexity index is 937. The van der Waals surface area contributed by atoms with Crippen molar-refractivity contribution < 1.29 is 13.9 Å². The first-order valence-electron chi connectivity index (χ1n) is 10.6. The Morgan fingerprint density at radius 3 is 2.23 bits per heavy atom. The van der Waals surface area contributed by atoms with Gasteiger partial charge in [-0.05, 0) is 62.2 Å². The van der Waals surface area contributed by atoms with Crippen molar-refractivity contribution in [2.24, 2.45) is 0 Å². The molecule has 3 aromatic rings. The monoisotopic (exact) mass is 422 g/mol. The van der Waals surface area contributed by atoms with E-state index in [-0.39, 0.29) is 17.7 Å². The maximum absolute atomic E-state index is 14.2. The summed E-state index contributed by atoms with van der Waals surface area (Å²) in [5, 5.41) is 1.44. The van der Waals surface area contributed by atoms with E-state index in [0.717, 1.165) is 24.2 Å². The zero-order valence-electron chi connectivity index (χ0n) is 18.3. The zero-order valence-corrected chi connectivity index (χ0v) is 19.3. The minimum Gasteiger partial charge on any atom is -0.491 e. The molecule has 0 spiro atoms. The minimum absolute atomic E-state index is 0.188. The Balaban J connectivity index is 1.59. The Morgan fingerprint density at radius 2 is 1.57 bits per heavy atom. The van der Waals surface area contributed by atoms with Gasteiger partial charge in [0.2, 0.25) is 0 Å². The lowest BCUT2D eigenvalue weighted by molar-refractivity contribution is 0.242. The molecule has 0 saturated heterocycles. The summed E-state index contributed by atoms with van der Waals surface area (Å²) < 4.78 is 25.7. The highest BCUT2D eigenvalue weighted by atomic mass is 28.3. The number of benzene rings is 3. The van der Waals surface area contributed by atoms with E-state index in [0.29, 0.717) is 5.75 Å². The molecule has 4 heteroatoms. The van der Waals surface area contributed by atoms with Gasteiger partial charge in [-0.2, -0.15) is 0 Å². The van der Waals surface area contributed by atoms with E-state index in [1.165, 1.54) is 17.3 Å². The molecule has 0 fully saturated rings. The van der Waals surface area contributed by atoms with Gasteiger partial charge in [-0.25, -0.2) is 4.39 Å². The fraction of sp³-hybridized carbons (Fsp3) is 0.308. The summed E-state index contributed by atoms with van der Waals surface area (Å²) >= 11 is 0. The Kier molecular flexibility index (Phi) is 7.32. The highest BCUT2D eigenvalue weighted by Crippen LogP contribution is 2.26. The van der Waals surface area contributed by atoms with Crippen LogP contribution in [-0.4, -0.2) is 14.2 Å². The SMILES string of the molecule is CC(C)Oc1ccc([Si](C)(C)CCCc2ccc(F)c(Oc3ccccc3)c2)cc1. The molecule has 0 saturated carbocycles. The van der Waals surface area contributed by atoms with Crippen LogP contribution in [0.1, 0.15) is 25.8 Å². The predicted octanol–water partition coefficient (Wildman–Crippen LogP) is 6.95. The number of halogens is 1. The van der Waals surface area contributed by atoms with Gasteiger partial charge in [0, 0.05) is 0 Å². The van der Waals surface area contributed by atoms with Crippen molar-refractivity contribution in [3.05, 3.63) is 84.2 Å². The molecule has 3 aromatic carbocycles. The summed E-state index contributed by atoms with van der Waals surface area (Å²) in [6.07, 6.45) is 2.17. The molecule has 0 N–H and O–H groups in total. The van der Waals surface area contributed by atoms with Crippen LogP contribution in [0.4, 0.5) is 4.39 Å². The fourth-order valence-corrected chi connectivity index (χ4v) is 5.95. The number of para-hydroxylation sites is 1. The van der Waals surface area contributed by atoms with Gasteiger partial charge in [0.05, 0.1) is 14.2 Å². The lowest BCUT2D eigenvalue weighted by Crippen LogP contribution is -2.41. The van der Waals surface area contributed by atoms with Crippen LogP contribution in [0, 0.1) is 5.82 Å². The number of ether oxygens (including phenoxy) is 2. The molecule has 158 valence electrons. The van der Waals surface area contributed by atoms with Gasteiger partial charge >= 0.3 is 0 Å². The first-order chi connectivity index (χ1) is 14.3. The molecule has 0 aliphatic carbocycles. The third-order valence-corrected chi connectivity index (χ3v) is 8.74. The molecule has 0 aliphatic rings. The van der Waals surface area contributed by atoms with Crippen LogP contribution in [0.25, 0.3) is 0 Å². The third kappa shape index (κ3) is 6.20. The van der Waals surface area contributed by atoms with Crippen LogP contribution in [0.15, 0.2) is 72.8 Å². The Hall–Kier alpha value is -2.59. The second-order valence-corrected chi connectivity index (χ2v) is 13.5. The van der Waals surface area contributed by atoms with Crippen LogP contribution in [0.2, 0.25) is 19.1 Å². The molecular weight excluding hydrogens is 391 g/mol. The molecule has 2 nitrogen and oxygen atoms in total. The molecule has 0 unspecified atom stereocenters. The molecule has 0 radical (unpaired) electrons. The smallest absolute Gasteiger partial charge is 0.165 e. The molecule has 30 heavy (non-hydrogen) atoms. The van der Waals surface area contributed by atoms with Crippen LogP contribution in [0.3, 0.4) is 0 Å². The highest BCUT2D eigenvalue weighted by Gasteiger charge is 2.23. The summed E-state index contributed by atoms with van der Waals surface area (Å²) in [7, 11) is -1.54. The normalized spacial score (nSPS) is 11.5. The number of rotatable bonds is 9. The fourth-order valence-electron chi connectivity index (χ4n) is 3.53. The van der Waals surface area contributed by atoms with Gasteiger partial charge in [0.25, 0.3) is 0 Å². The van der Waals surface area contributed by atoms with E-state index in [2.05, 4.69) is 37.4 Å². The largest absolute Gasteiger partial charge is 0.491 e. The predicted molar refractivity (Wildman–Crippen MR) is 125 cm³/mol. The van der Waals surface area contributed by atoms with E-state index in [4.69, 9.17) is 9.47 Å². The lowest BCUT2D eigenvalue weighted by atomic mass is 10.1. The molecule has 3 rings (SSSR count). The first-order valence-corrected chi connectivity index (χ1v) is 13.8. The minimum atomic E-state index is -1.54. The van der Waals surface area contributed by atoms with E-state index < -0.39 is 8.07 Å². The number of aryl methyl sites for hydroxylation is 1. The van der Waals surface area contributed by atoms with Crippen molar-refractivity contribution in [3.8, 4) is 17.2 Å². The molecule has 0 bridgehead atoms. The molecule has 0 amide bonds. The quantitative estimate of drug-likeness (QED) is 0.347. The van der Waals surface area contributed by atoms with Gasteiger partial charge < -0.3 is 9.47 Å². The summed E-state index contributed by atoms with van der Waals surface area (Å²) in [6.45, 7) is 8.89. The van der Waals surface area contributed by atoms with Gasteiger partial charge in [0.15, 0.2) is 11.6 Å². The second-order valence-electron chi connectivity index (χ2n) is 8.61. The van der Waals surface area contributed by atoms with Crippen molar-refractivity contribution >= 4 is 13.3 Å². The van der Waals surface area contributed by atoms with Crippen molar-refractivity contribution in [2.75, 3.05) is 0 Å². The van der Waals surface area contributed by atoms with Gasteiger partial charge in [-0.1, -0.05) is 67.1 Å². The standard InChI is InChI=1S/C26H31FO2Si/c1-20(2)28-23-13-15-24(16-14-23)30(3,4)18-8-9-21-12-17-25(27)26(19-21)29-22-10-6-5-7-11-22/h5-7,10-17,19-20H,8-9,18H2,1-4H3. The maximum Gasteiger partial charge on any atom is 0.165 e. The molecule has 0 atom stereocenters. The first kappa shape index (κ1) is 22.1. The molecule has 0 aromatic heterocycles. The third-order valence-electron chi connectivity index (χ3n) is 5.24. The van der Waals surface area contributed by atoms with Gasteiger partial charge in [-0.3, -0.25) is 0 Å². The number of hydrogen-bond acceptors (Lipinski definition) is 2. The van der Waals surface area contributed by atoms with E-state index in [9.17, 15) is 4.39 Å². The van der Waals surface area contributed by atoms with Crippen LogP contribution < -0.4 is 14.7 Å². The summed E-state index contributed by atoms with van der Waals surface area (Å²) in [5.41, 5.74) is 1.10. The van der Waals surface area contributed by atoms with E-state index >= 15 is 0 Å². The van der Waals surface area contributed by atoms with E-state index in [1.807, 2.05) is 56.3 Å². The Labute approximate surface area is 180 Å². The summed E-state index contributed by atoms with van der Waals surface area (Å²) in [4.78, 5) is 0. The van der Waals surface area contributed by atoms with E-state index in [1.54, 1.807) is 0 Å². The molecule has 0 aliphatic heterocycles. The molecule has 0 heterocycles. The van der Waals surface area contributed by atoms with Crippen molar-refractivity contribution in [1.29, 1.82) is 0 Å². The highest BCUT2D eigenvalue weighted by molar-refractivity contribution is 6.89. The molecular formula is C26H31FO2Si. The average molecular weight is 423 g/mol. The Morgan fingerprint density at radius 1 is 0.867 bits per heavy atom. The topological polar surface area (TPSA) is 18.5 Å². The lowest BCUT2D eigenvalue weighted by Gasteiger charge is -2.23. The summed E-state index contributed by atoms with van der Waals surface area (Å²) in [6, 6.07) is 24.3. The summed E-state index contributed by atoms with van der Waals surface area (Å²) in [5.74, 6) is 1.53. The van der Waals surface area contributed by atoms with Gasteiger partial charge in [0.1, 0.15) is 11.5 Å². The second kappa shape index (κ2) is 9.94. The van der Waals surface area contributed by atoms with Crippen LogP contribution in [-0.2, 0) is 6.42 Å². The van der Waals surface area contributed by atoms with Gasteiger partial charge in [-0.15, -0.1) is 0 Å². The maximum atomic E-state index is 14.2.